The van der Waals surface area contributed by atoms with Crippen LogP contribution in [-0.2, 0) is 10.0 Å². The Morgan fingerprint density at radius 1 is 1.32 bits per heavy atom. The molecule has 0 aliphatic carbocycles. The molecule has 0 saturated heterocycles. The van der Waals surface area contributed by atoms with Gasteiger partial charge < -0.3 is 0 Å². The lowest BCUT2D eigenvalue weighted by Crippen LogP contribution is -2.13. The zero-order chi connectivity index (χ0) is 14.0. The van der Waals surface area contributed by atoms with Gasteiger partial charge in [0.1, 0.15) is 0 Å². The van der Waals surface area contributed by atoms with E-state index in [1.165, 1.54) is 24.4 Å². The van der Waals surface area contributed by atoms with Gasteiger partial charge in [0.15, 0.2) is 0 Å². The number of rotatable bonds is 3. The molecule has 0 amide bonds. The number of pyridine rings is 1. The third kappa shape index (κ3) is 3.26. The summed E-state index contributed by atoms with van der Waals surface area (Å²) in [5.41, 5.74) is 1.25. The van der Waals surface area contributed by atoms with Gasteiger partial charge in [0.2, 0.25) is 0 Å². The third-order valence-corrected chi connectivity index (χ3v) is 5.06. The fraction of sp³-hybridized carbons (Fsp3) is 0.0833. The summed E-state index contributed by atoms with van der Waals surface area (Å²) in [6, 6.07) is 6.16. The summed E-state index contributed by atoms with van der Waals surface area (Å²) in [7, 11) is -3.65. The molecule has 1 aromatic carbocycles. The van der Waals surface area contributed by atoms with Gasteiger partial charge in [-0.1, -0.05) is 11.6 Å². The first-order valence-corrected chi connectivity index (χ1v) is 7.94. The van der Waals surface area contributed by atoms with Crippen LogP contribution < -0.4 is 4.72 Å². The van der Waals surface area contributed by atoms with Gasteiger partial charge in [-0.15, -0.1) is 0 Å². The van der Waals surface area contributed by atoms with Crippen molar-refractivity contribution in [1.29, 1.82) is 0 Å². The number of sulfonamides is 1. The van der Waals surface area contributed by atoms with Gasteiger partial charge in [0.25, 0.3) is 10.0 Å². The molecule has 0 radical (unpaired) electrons. The van der Waals surface area contributed by atoms with Gasteiger partial charge in [0.05, 0.1) is 21.8 Å². The van der Waals surface area contributed by atoms with Crippen LogP contribution in [0.2, 0.25) is 5.02 Å². The molecule has 0 saturated carbocycles. The van der Waals surface area contributed by atoms with E-state index in [-0.39, 0.29) is 4.90 Å². The van der Waals surface area contributed by atoms with Crippen molar-refractivity contribution in [3.63, 3.8) is 0 Å². The molecule has 1 heterocycles. The molecule has 0 spiro atoms. The maximum absolute atomic E-state index is 12.2. The minimum Gasteiger partial charge on any atom is -0.278 e. The van der Waals surface area contributed by atoms with Gasteiger partial charge in [-0.3, -0.25) is 9.71 Å². The topological polar surface area (TPSA) is 59.1 Å². The minimum atomic E-state index is -3.65. The highest BCUT2D eigenvalue weighted by molar-refractivity contribution is 9.10. The Bertz CT molecular complexity index is 719. The van der Waals surface area contributed by atoms with E-state index in [0.717, 1.165) is 5.56 Å². The first-order valence-electron chi connectivity index (χ1n) is 5.28. The van der Waals surface area contributed by atoms with Crippen LogP contribution in [0.15, 0.2) is 46.0 Å². The summed E-state index contributed by atoms with van der Waals surface area (Å²) < 4.78 is 27.5. The van der Waals surface area contributed by atoms with Crippen LogP contribution in [0.25, 0.3) is 0 Å². The Labute approximate surface area is 125 Å². The smallest absolute Gasteiger partial charge is 0.261 e. The lowest BCUT2D eigenvalue weighted by Gasteiger charge is -2.10. The highest BCUT2D eigenvalue weighted by atomic mass is 79.9. The maximum Gasteiger partial charge on any atom is 0.261 e. The molecule has 0 atom stereocenters. The lowest BCUT2D eigenvalue weighted by molar-refractivity contribution is 0.601. The number of halogens is 2. The molecule has 0 aliphatic heterocycles. The molecule has 0 unspecified atom stereocenters. The molecule has 7 heteroatoms. The fourth-order valence-electron chi connectivity index (χ4n) is 1.42. The molecule has 2 rings (SSSR count). The summed E-state index contributed by atoms with van der Waals surface area (Å²) in [4.78, 5) is 4.03. The Morgan fingerprint density at radius 2 is 2.05 bits per heavy atom. The SMILES string of the molecule is Cc1ccncc1NS(=O)(=O)c1ccc(Cl)c(Br)c1. The van der Waals surface area contributed by atoms with Crippen LogP contribution in [0.1, 0.15) is 5.56 Å². The average Bonchev–Trinajstić information content (AvgIpc) is 2.35. The van der Waals surface area contributed by atoms with E-state index in [2.05, 4.69) is 25.6 Å². The lowest BCUT2D eigenvalue weighted by atomic mass is 10.3. The molecule has 100 valence electrons. The van der Waals surface area contributed by atoms with E-state index in [9.17, 15) is 8.42 Å². The Morgan fingerprint density at radius 3 is 2.68 bits per heavy atom. The largest absolute Gasteiger partial charge is 0.278 e. The van der Waals surface area contributed by atoms with Crippen molar-refractivity contribution in [2.24, 2.45) is 0 Å². The second-order valence-corrected chi connectivity index (χ2v) is 6.82. The number of hydrogen-bond acceptors (Lipinski definition) is 3. The zero-order valence-electron chi connectivity index (χ0n) is 9.89. The summed E-state index contributed by atoms with van der Waals surface area (Å²) >= 11 is 9.05. The Kier molecular flexibility index (Phi) is 4.13. The highest BCUT2D eigenvalue weighted by Crippen LogP contribution is 2.26. The summed E-state index contributed by atoms with van der Waals surface area (Å²) in [5, 5.41) is 0.455. The molecule has 1 N–H and O–H groups in total. The van der Waals surface area contributed by atoms with Gasteiger partial charge in [-0.05, 0) is 52.7 Å². The molecule has 19 heavy (non-hydrogen) atoms. The fourth-order valence-corrected chi connectivity index (χ4v) is 3.21. The van der Waals surface area contributed by atoms with Crippen LogP contribution in [0, 0.1) is 6.92 Å². The molecule has 0 fully saturated rings. The van der Waals surface area contributed by atoms with Gasteiger partial charge in [-0.25, -0.2) is 8.42 Å². The number of benzene rings is 1. The van der Waals surface area contributed by atoms with Crippen molar-refractivity contribution < 1.29 is 8.42 Å². The number of aromatic nitrogens is 1. The number of nitrogens with zero attached hydrogens (tertiary/aromatic N) is 1. The molecule has 0 bridgehead atoms. The number of aryl methyl sites for hydroxylation is 1. The van der Waals surface area contributed by atoms with Crippen molar-refractivity contribution in [1.82, 2.24) is 4.98 Å². The molecular formula is C12H10BrClN2O2S. The van der Waals surface area contributed by atoms with E-state index in [1.54, 1.807) is 19.2 Å². The molecule has 0 aliphatic rings. The monoisotopic (exact) mass is 360 g/mol. The van der Waals surface area contributed by atoms with Crippen LogP contribution in [-0.4, -0.2) is 13.4 Å². The van der Waals surface area contributed by atoms with Crippen LogP contribution in [0.4, 0.5) is 5.69 Å². The van der Waals surface area contributed by atoms with Crippen LogP contribution >= 0.6 is 27.5 Å². The molecular weight excluding hydrogens is 352 g/mol. The second kappa shape index (κ2) is 5.48. The van der Waals surface area contributed by atoms with E-state index >= 15 is 0 Å². The van der Waals surface area contributed by atoms with E-state index in [4.69, 9.17) is 11.6 Å². The summed E-state index contributed by atoms with van der Waals surface area (Å²) in [5.74, 6) is 0. The van der Waals surface area contributed by atoms with Crippen molar-refractivity contribution in [2.45, 2.75) is 11.8 Å². The predicted molar refractivity (Wildman–Crippen MR) is 78.9 cm³/mol. The molecule has 1 aromatic heterocycles. The Balaban J connectivity index is 2.38. The molecule has 4 nitrogen and oxygen atoms in total. The quantitative estimate of drug-likeness (QED) is 0.908. The third-order valence-electron chi connectivity index (χ3n) is 2.48. The zero-order valence-corrected chi connectivity index (χ0v) is 13.1. The number of hydrogen-bond donors (Lipinski definition) is 1. The standard InChI is InChI=1S/C12H10BrClN2O2S/c1-8-4-5-15-7-12(8)16-19(17,18)9-2-3-11(14)10(13)6-9/h2-7,16H,1H3. The predicted octanol–water partition coefficient (Wildman–Crippen LogP) is 3.61. The summed E-state index contributed by atoms with van der Waals surface area (Å²) in [6.07, 6.45) is 3.07. The Hall–Kier alpha value is -1.11. The van der Waals surface area contributed by atoms with Crippen LogP contribution in [0.5, 0.6) is 0 Å². The minimum absolute atomic E-state index is 0.132. The average molecular weight is 362 g/mol. The number of anilines is 1. The van der Waals surface area contributed by atoms with Gasteiger partial charge >= 0.3 is 0 Å². The van der Waals surface area contributed by atoms with Crippen molar-refractivity contribution >= 4 is 43.2 Å². The second-order valence-electron chi connectivity index (χ2n) is 3.87. The molecule has 2 aromatic rings. The summed E-state index contributed by atoms with van der Waals surface area (Å²) in [6.45, 7) is 1.80. The van der Waals surface area contributed by atoms with E-state index < -0.39 is 10.0 Å². The normalized spacial score (nSPS) is 11.3. The number of nitrogens with one attached hydrogen (secondary N) is 1. The van der Waals surface area contributed by atoms with Crippen LogP contribution in [0.3, 0.4) is 0 Å². The van der Waals surface area contributed by atoms with Crippen molar-refractivity contribution in [3.8, 4) is 0 Å². The van der Waals surface area contributed by atoms with Gasteiger partial charge in [-0.2, -0.15) is 0 Å². The van der Waals surface area contributed by atoms with Gasteiger partial charge in [0, 0.05) is 10.7 Å². The first kappa shape index (κ1) is 14.3. The first-order chi connectivity index (χ1) is 8.90. The van der Waals surface area contributed by atoms with E-state index in [0.29, 0.717) is 15.2 Å². The van der Waals surface area contributed by atoms with Crippen molar-refractivity contribution in [2.75, 3.05) is 4.72 Å². The highest BCUT2D eigenvalue weighted by Gasteiger charge is 2.16. The van der Waals surface area contributed by atoms with Crippen molar-refractivity contribution in [3.05, 3.63) is 51.7 Å². The van der Waals surface area contributed by atoms with E-state index in [1.807, 2.05) is 0 Å². The maximum atomic E-state index is 12.2.